The molecule has 1 aliphatic rings. The Hall–Kier alpha value is -1.37. The standard InChI is InChI=1S/C13H16N/c1-11-10-13(8-9-14(11)2)12-6-4-3-5-7-12/h3-7,10H,8-9H2,1-2H3/q+1. The second-order valence-electron chi connectivity index (χ2n) is 3.85. The van der Waals surface area contributed by atoms with Crippen LogP contribution in [0.2, 0.25) is 0 Å². The Morgan fingerprint density at radius 1 is 1.14 bits per heavy atom. The monoisotopic (exact) mass is 186 g/mol. The van der Waals surface area contributed by atoms with Crippen LogP contribution in [0.4, 0.5) is 0 Å². The fraction of sp³-hybridized carbons (Fsp3) is 0.308. The van der Waals surface area contributed by atoms with Gasteiger partial charge in [0.1, 0.15) is 13.6 Å². The summed E-state index contributed by atoms with van der Waals surface area (Å²) >= 11 is 0. The van der Waals surface area contributed by atoms with Gasteiger partial charge in [0.25, 0.3) is 0 Å². The molecule has 0 saturated heterocycles. The number of hydrogen-bond acceptors (Lipinski definition) is 0. The molecule has 1 aromatic rings. The Kier molecular flexibility index (Phi) is 2.49. The van der Waals surface area contributed by atoms with Crippen LogP contribution in [0.25, 0.3) is 5.57 Å². The van der Waals surface area contributed by atoms with Crippen molar-refractivity contribution in [3.05, 3.63) is 42.0 Å². The molecule has 1 aliphatic heterocycles. The largest absolute Gasteiger partial charge is 0.236 e. The van der Waals surface area contributed by atoms with Crippen molar-refractivity contribution < 1.29 is 4.58 Å². The lowest BCUT2D eigenvalue weighted by Gasteiger charge is -2.11. The Balaban J connectivity index is 2.34. The summed E-state index contributed by atoms with van der Waals surface area (Å²) < 4.78 is 2.30. The van der Waals surface area contributed by atoms with E-state index in [1.165, 1.54) is 16.8 Å². The molecule has 0 bridgehead atoms. The zero-order valence-corrected chi connectivity index (χ0v) is 8.83. The van der Waals surface area contributed by atoms with Crippen molar-refractivity contribution in [1.29, 1.82) is 0 Å². The molecular weight excluding hydrogens is 170 g/mol. The summed E-state index contributed by atoms with van der Waals surface area (Å²) in [5.74, 6) is 0. The highest BCUT2D eigenvalue weighted by molar-refractivity contribution is 5.96. The van der Waals surface area contributed by atoms with E-state index < -0.39 is 0 Å². The van der Waals surface area contributed by atoms with Crippen molar-refractivity contribution in [3.63, 3.8) is 0 Å². The first-order chi connectivity index (χ1) is 6.77. The van der Waals surface area contributed by atoms with E-state index >= 15 is 0 Å². The normalized spacial score (nSPS) is 16.9. The molecule has 0 amide bonds. The van der Waals surface area contributed by atoms with Crippen molar-refractivity contribution in [2.24, 2.45) is 0 Å². The summed E-state index contributed by atoms with van der Waals surface area (Å²) in [7, 11) is 2.15. The van der Waals surface area contributed by atoms with Gasteiger partial charge in [0.2, 0.25) is 0 Å². The zero-order chi connectivity index (χ0) is 9.97. The first-order valence-corrected chi connectivity index (χ1v) is 5.08. The first-order valence-electron chi connectivity index (χ1n) is 5.08. The topological polar surface area (TPSA) is 3.01 Å². The van der Waals surface area contributed by atoms with Gasteiger partial charge in [0.05, 0.1) is 0 Å². The molecule has 0 radical (unpaired) electrons. The molecule has 1 heteroatoms. The molecule has 0 unspecified atom stereocenters. The van der Waals surface area contributed by atoms with Crippen molar-refractivity contribution in [2.75, 3.05) is 13.6 Å². The van der Waals surface area contributed by atoms with Crippen LogP contribution in [0.15, 0.2) is 36.4 Å². The Morgan fingerprint density at radius 2 is 1.86 bits per heavy atom. The van der Waals surface area contributed by atoms with E-state index in [0.29, 0.717) is 0 Å². The quantitative estimate of drug-likeness (QED) is 0.593. The number of allylic oxidation sites excluding steroid dienone is 1. The van der Waals surface area contributed by atoms with Gasteiger partial charge in [-0.1, -0.05) is 30.3 Å². The van der Waals surface area contributed by atoms with Gasteiger partial charge in [-0.2, -0.15) is 0 Å². The predicted octanol–water partition coefficient (Wildman–Crippen LogP) is 2.58. The summed E-state index contributed by atoms with van der Waals surface area (Å²) in [5.41, 5.74) is 4.18. The molecule has 1 heterocycles. The first kappa shape index (κ1) is 9.20. The van der Waals surface area contributed by atoms with E-state index in [0.717, 1.165) is 13.0 Å². The number of hydrogen-bond donors (Lipinski definition) is 0. The summed E-state index contributed by atoms with van der Waals surface area (Å²) in [6.07, 6.45) is 3.44. The molecule has 1 aromatic carbocycles. The molecule has 1 nitrogen and oxygen atoms in total. The van der Waals surface area contributed by atoms with Crippen LogP contribution in [-0.2, 0) is 0 Å². The third kappa shape index (κ3) is 1.77. The highest BCUT2D eigenvalue weighted by atomic mass is 15.0. The molecule has 0 N–H and O–H groups in total. The van der Waals surface area contributed by atoms with Gasteiger partial charge >= 0.3 is 0 Å². The van der Waals surface area contributed by atoms with E-state index in [-0.39, 0.29) is 0 Å². The molecule has 72 valence electrons. The zero-order valence-electron chi connectivity index (χ0n) is 8.83. The lowest BCUT2D eigenvalue weighted by Crippen LogP contribution is -2.19. The second-order valence-corrected chi connectivity index (χ2v) is 3.85. The van der Waals surface area contributed by atoms with E-state index in [1.807, 2.05) is 0 Å². The molecule has 14 heavy (non-hydrogen) atoms. The molecule has 0 spiro atoms. The third-order valence-electron chi connectivity index (χ3n) is 2.85. The predicted molar refractivity (Wildman–Crippen MR) is 60.8 cm³/mol. The van der Waals surface area contributed by atoms with Gasteiger partial charge in [-0.3, -0.25) is 0 Å². The molecule has 0 aliphatic carbocycles. The number of benzene rings is 1. The maximum Gasteiger partial charge on any atom is 0.172 e. The molecule has 0 aromatic heterocycles. The van der Waals surface area contributed by atoms with E-state index in [4.69, 9.17) is 0 Å². The van der Waals surface area contributed by atoms with Gasteiger partial charge in [0, 0.05) is 19.4 Å². The highest BCUT2D eigenvalue weighted by Gasteiger charge is 2.13. The molecular formula is C13H16N+. The lowest BCUT2D eigenvalue weighted by molar-refractivity contribution is -0.496. The minimum atomic E-state index is 1.13. The van der Waals surface area contributed by atoms with Crippen LogP contribution in [0.5, 0.6) is 0 Å². The van der Waals surface area contributed by atoms with Gasteiger partial charge < -0.3 is 0 Å². The van der Waals surface area contributed by atoms with Crippen molar-refractivity contribution in [1.82, 2.24) is 0 Å². The Labute approximate surface area is 85.4 Å². The fourth-order valence-electron chi connectivity index (χ4n) is 1.78. The van der Waals surface area contributed by atoms with Crippen molar-refractivity contribution >= 4 is 11.3 Å². The number of nitrogens with zero attached hydrogens (tertiary/aromatic N) is 1. The average molecular weight is 186 g/mol. The van der Waals surface area contributed by atoms with Crippen LogP contribution in [0, 0.1) is 0 Å². The maximum atomic E-state index is 2.30. The van der Waals surface area contributed by atoms with Crippen LogP contribution < -0.4 is 0 Å². The molecule has 0 atom stereocenters. The molecule has 0 saturated carbocycles. The van der Waals surface area contributed by atoms with Crippen molar-refractivity contribution in [3.8, 4) is 0 Å². The van der Waals surface area contributed by atoms with Crippen LogP contribution in [-0.4, -0.2) is 23.9 Å². The molecule has 0 fully saturated rings. The van der Waals surface area contributed by atoms with Crippen molar-refractivity contribution in [2.45, 2.75) is 13.3 Å². The summed E-state index contributed by atoms with van der Waals surface area (Å²) in [5, 5.41) is 0. The van der Waals surface area contributed by atoms with E-state index in [9.17, 15) is 0 Å². The lowest BCUT2D eigenvalue weighted by atomic mass is 9.99. The van der Waals surface area contributed by atoms with Crippen LogP contribution >= 0.6 is 0 Å². The summed E-state index contributed by atoms with van der Waals surface area (Å²) in [4.78, 5) is 0. The van der Waals surface area contributed by atoms with Crippen LogP contribution in [0.1, 0.15) is 18.9 Å². The fourth-order valence-corrected chi connectivity index (χ4v) is 1.78. The summed E-state index contributed by atoms with van der Waals surface area (Å²) in [6.45, 7) is 3.30. The second kappa shape index (κ2) is 3.79. The highest BCUT2D eigenvalue weighted by Crippen LogP contribution is 2.20. The summed E-state index contributed by atoms with van der Waals surface area (Å²) in [6, 6.07) is 10.6. The Bertz CT molecular complexity index is 385. The number of rotatable bonds is 1. The van der Waals surface area contributed by atoms with Crippen LogP contribution in [0.3, 0.4) is 0 Å². The smallest absolute Gasteiger partial charge is 0.172 e. The minimum Gasteiger partial charge on any atom is -0.236 e. The third-order valence-corrected chi connectivity index (χ3v) is 2.85. The van der Waals surface area contributed by atoms with E-state index in [1.54, 1.807) is 0 Å². The average Bonchev–Trinajstić information content (AvgIpc) is 2.23. The van der Waals surface area contributed by atoms with Gasteiger partial charge in [-0.15, -0.1) is 0 Å². The SMILES string of the molecule is CC1=[N+](C)CCC(c2ccccc2)=C1. The minimum absolute atomic E-state index is 1.13. The van der Waals surface area contributed by atoms with Gasteiger partial charge in [0.15, 0.2) is 5.71 Å². The molecule has 2 rings (SSSR count). The van der Waals surface area contributed by atoms with Gasteiger partial charge in [-0.25, -0.2) is 4.58 Å². The van der Waals surface area contributed by atoms with E-state index in [2.05, 4.69) is 55.0 Å². The van der Waals surface area contributed by atoms with Gasteiger partial charge in [-0.05, 0) is 11.1 Å². The Morgan fingerprint density at radius 3 is 2.50 bits per heavy atom. The maximum absolute atomic E-state index is 2.30.